The summed E-state index contributed by atoms with van der Waals surface area (Å²) in [6, 6.07) is 15.7. The number of methoxy groups -OCH3 is 2. The van der Waals surface area contributed by atoms with Gasteiger partial charge < -0.3 is 9.47 Å². The molecule has 2 unspecified atom stereocenters. The molecule has 0 saturated heterocycles. The van der Waals surface area contributed by atoms with Gasteiger partial charge in [-0.25, -0.2) is 17.5 Å². The van der Waals surface area contributed by atoms with E-state index in [0.29, 0.717) is 36.0 Å². The van der Waals surface area contributed by atoms with E-state index in [2.05, 4.69) is 9.62 Å². The Morgan fingerprint density at radius 3 is 2.42 bits per heavy atom. The Morgan fingerprint density at radius 2 is 1.78 bits per heavy atom. The van der Waals surface area contributed by atoms with Crippen molar-refractivity contribution in [3.05, 3.63) is 88.2 Å². The number of fused-ring (bicyclic) bond motifs is 1. The molecule has 192 valence electrons. The third-order valence-electron chi connectivity index (χ3n) is 6.55. The summed E-state index contributed by atoms with van der Waals surface area (Å²) in [4.78, 5) is 2.34. The lowest BCUT2D eigenvalue weighted by Crippen LogP contribution is -2.48. The van der Waals surface area contributed by atoms with Crippen molar-refractivity contribution in [1.82, 2.24) is 9.62 Å². The Hall–Kier alpha value is -2.65. The van der Waals surface area contributed by atoms with Crippen molar-refractivity contribution in [2.45, 2.75) is 43.3 Å². The molecule has 1 heterocycles. The predicted octanol–water partition coefficient (Wildman–Crippen LogP) is 5.35. The number of rotatable bonds is 9. The second-order valence-corrected chi connectivity index (χ2v) is 10.9. The van der Waals surface area contributed by atoms with Gasteiger partial charge in [0.05, 0.1) is 25.2 Å². The van der Waals surface area contributed by atoms with E-state index in [9.17, 15) is 12.8 Å². The number of hydrogen-bond acceptors (Lipinski definition) is 5. The first-order valence-corrected chi connectivity index (χ1v) is 13.6. The van der Waals surface area contributed by atoms with E-state index in [1.807, 2.05) is 25.1 Å². The molecule has 1 N–H and O–H groups in total. The number of halogens is 2. The number of ether oxygens (including phenoxy) is 2. The van der Waals surface area contributed by atoms with Gasteiger partial charge in [0.15, 0.2) is 11.5 Å². The average Bonchev–Trinajstić information content (AvgIpc) is 2.87. The second-order valence-electron chi connectivity index (χ2n) is 8.79. The lowest BCUT2D eigenvalue weighted by Gasteiger charge is -2.42. The van der Waals surface area contributed by atoms with Crippen molar-refractivity contribution in [3.8, 4) is 11.5 Å². The maximum absolute atomic E-state index is 14.0. The molecule has 9 heteroatoms. The van der Waals surface area contributed by atoms with Gasteiger partial charge in [-0.3, -0.25) is 4.90 Å². The van der Waals surface area contributed by atoms with Crippen molar-refractivity contribution in [2.24, 2.45) is 0 Å². The summed E-state index contributed by atoms with van der Waals surface area (Å²) < 4.78 is 54.6. The van der Waals surface area contributed by atoms with E-state index in [1.165, 1.54) is 24.3 Å². The first kappa shape index (κ1) is 26.4. The van der Waals surface area contributed by atoms with Crippen LogP contribution in [-0.2, 0) is 23.0 Å². The molecule has 0 radical (unpaired) electrons. The van der Waals surface area contributed by atoms with Crippen LogP contribution in [0.15, 0.2) is 65.6 Å². The molecule has 0 aliphatic carbocycles. The van der Waals surface area contributed by atoms with Crippen LogP contribution in [0.3, 0.4) is 0 Å². The second kappa shape index (κ2) is 11.2. The van der Waals surface area contributed by atoms with Crippen LogP contribution in [0.1, 0.15) is 36.1 Å². The largest absolute Gasteiger partial charge is 0.493 e. The molecule has 2 atom stereocenters. The minimum Gasteiger partial charge on any atom is -0.493 e. The van der Waals surface area contributed by atoms with Gasteiger partial charge in [0.1, 0.15) is 5.82 Å². The van der Waals surface area contributed by atoms with Crippen LogP contribution in [0.2, 0.25) is 5.02 Å². The lowest BCUT2D eigenvalue weighted by atomic mass is 9.86. The highest BCUT2D eigenvalue weighted by molar-refractivity contribution is 7.89. The van der Waals surface area contributed by atoms with Gasteiger partial charge >= 0.3 is 0 Å². The van der Waals surface area contributed by atoms with E-state index in [4.69, 9.17) is 21.1 Å². The monoisotopic (exact) mass is 532 g/mol. The highest BCUT2D eigenvalue weighted by Gasteiger charge is 2.36. The number of sulfonamides is 1. The molecule has 6 nitrogen and oxygen atoms in total. The minimum atomic E-state index is -3.82. The molecule has 4 rings (SSSR count). The average molecular weight is 533 g/mol. The first-order chi connectivity index (χ1) is 17.2. The minimum absolute atomic E-state index is 0.144. The topological polar surface area (TPSA) is 67.9 Å². The Balaban J connectivity index is 1.76. The summed E-state index contributed by atoms with van der Waals surface area (Å²) in [5, 5.41) is 0.463. The fourth-order valence-electron chi connectivity index (χ4n) is 4.80. The Labute approximate surface area is 217 Å². The molecule has 0 saturated carbocycles. The lowest BCUT2D eigenvalue weighted by molar-refractivity contribution is 0.143. The van der Waals surface area contributed by atoms with E-state index in [1.54, 1.807) is 32.4 Å². The number of hydrogen-bond donors (Lipinski definition) is 1. The van der Waals surface area contributed by atoms with Crippen LogP contribution >= 0.6 is 11.6 Å². The molecule has 0 bridgehead atoms. The summed E-state index contributed by atoms with van der Waals surface area (Å²) in [5.74, 6) is 0.899. The third kappa shape index (κ3) is 5.67. The fraction of sp³-hybridized carbons (Fsp3) is 0.333. The SMILES string of the molecule is CCC(NS(=O)(=O)c1ccc(Cl)cc1)C1c2cc(OC)c(OC)cc2CCN1Cc1cccc(F)c1. The maximum Gasteiger partial charge on any atom is 0.240 e. The molecule has 0 aromatic heterocycles. The smallest absolute Gasteiger partial charge is 0.240 e. The van der Waals surface area contributed by atoms with Gasteiger partial charge in [-0.15, -0.1) is 0 Å². The van der Waals surface area contributed by atoms with Crippen molar-refractivity contribution in [1.29, 1.82) is 0 Å². The molecule has 3 aromatic carbocycles. The highest BCUT2D eigenvalue weighted by Crippen LogP contribution is 2.41. The van der Waals surface area contributed by atoms with Crippen LogP contribution < -0.4 is 14.2 Å². The molecular weight excluding hydrogens is 503 g/mol. The van der Waals surface area contributed by atoms with Gasteiger partial charge in [-0.05, 0) is 78.1 Å². The summed E-state index contributed by atoms with van der Waals surface area (Å²) in [6.45, 7) is 3.09. The summed E-state index contributed by atoms with van der Waals surface area (Å²) in [7, 11) is -0.653. The van der Waals surface area contributed by atoms with Gasteiger partial charge in [0.2, 0.25) is 10.0 Å². The molecular formula is C27H30ClFN2O4S. The highest BCUT2D eigenvalue weighted by atomic mass is 35.5. The van der Waals surface area contributed by atoms with Gasteiger partial charge in [0.25, 0.3) is 0 Å². The first-order valence-electron chi connectivity index (χ1n) is 11.8. The summed E-state index contributed by atoms with van der Waals surface area (Å²) in [6.07, 6.45) is 1.27. The van der Waals surface area contributed by atoms with Crippen molar-refractivity contribution in [3.63, 3.8) is 0 Å². The fourth-order valence-corrected chi connectivity index (χ4v) is 6.25. The Kier molecular flexibility index (Phi) is 8.20. The maximum atomic E-state index is 14.0. The molecule has 1 aliphatic rings. The molecule has 0 amide bonds. The third-order valence-corrected chi connectivity index (χ3v) is 8.31. The van der Waals surface area contributed by atoms with E-state index in [0.717, 1.165) is 23.1 Å². The Bertz CT molecular complexity index is 1320. The molecule has 36 heavy (non-hydrogen) atoms. The molecule has 1 aliphatic heterocycles. The van der Waals surface area contributed by atoms with E-state index >= 15 is 0 Å². The van der Waals surface area contributed by atoms with Crippen LogP contribution in [0.4, 0.5) is 4.39 Å². The molecule has 0 spiro atoms. The predicted molar refractivity (Wildman–Crippen MR) is 139 cm³/mol. The van der Waals surface area contributed by atoms with Crippen LogP contribution in [0, 0.1) is 5.82 Å². The quantitative estimate of drug-likeness (QED) is 0.402. The zero-order valence-electron chi connectivity index (χ0n) is 20.5. The van der Waals surface area contributed by atoms with Gasteiger partial charge in [-0.2, -0.15) is 0 Å². The van der Waals surface area contributed by atoms with Crippen LogP contribution in [0.5, 0.6) is 11.5 Å². The molecule has 3 aromatic rings. The van der Waals surface area contributed by atoms with Gasteiger partial charge in [-0.1, -0.05) is 30.7 Å². The van der Waals surface area contributed by atoms with Crippen LogP contribution in [0.25, 0.3) is 0 Å². The summed E-state index contributed by atoms with van der Waals surface area (Å²) in [5.41, 5.74) is 2.84. The van der Waals surface area contributed by atoms with Crippen molar-refractivity contribution in [2.75, 3.05) is 20.8 Å². The number of nitrogens with one attached hydrogen (secondary N) is 1. The van der Waals surface area contributed by atoms with Gasteiger partial charge in [0, 0.05) is 24.2 Å². The standard InChI is InChI=1S/C27H30ClFN2O4S/c1-4-24(30-36(32,33)22-10-8-20(28)9-11-22)27-23-16-26(35-3)25(34-2)15-19(23)12-13-31(27)17-18-6-5-7-21(29)14-18/h5-11,14-16,24,27,30H,4,12-13,17H2,1-3H3. The van der Waals surface area contributed by atoms with E-state index in [-0.39, 0.29) is 16.8 Å². The zero-order valence-corrected chi connectivity index (χ0v) is 22.1. The number of nitrogens with zero attached hydrogens (tertiary/aromatic N) is 1. The Morgan fingerprint density at radius 1 is 1.08 bits per heavy atom. The van der Waals surface area contributed by atoms with Crippen LogP contribution in [-0.4, -0.2) is 40.1 Å². The zero-order chi connectivity index (χ0) is 25.9. The normalized spacial score (nSPS) is 16.9. The van der Waals surface area contributed by atoms with Crippen molar-refractivity contribution >= 4 is 21.6 Å². The number of benzene rings is 3. The van der Waals surface area contributed by atoms with E-state index < -0.39 is 16.1 Å². The summed E-state index contributed by atoms with van der Waals surface area (Å²) >= 11 is 5.96. The van der Waals surface area contributed by atoms with Crippen molar-refractivity contribution < 1.29 is 22.3 Å². The molecule has 0 fully saturated rings.